The second-order valence-electron chi connectivity index (χ2n) is 7.55. The molecule has 2 heterocycles. The number of carbonyl (C=O) groups is 1. The van der Waals surface area contributed by atoms with Crippen LogP contribution < -0.4 is 10.1 Å². The van der Waals surface area contributed by atoms with Crippen LogP contribution in [0.1, 0.15) is 38.8 Å². The molecule has 0 fully saturated rings. The van der Waals surface area contributed by atoms with Gasteiger partial charge in [0.15, 0.2) is 5.69 Å². The van der Waals surface area contributed by atoms with Crippen molar-refractivity contribution in [2.75, 3.05) is 5.32 Å². The zero-order chi connectivity index (χ0) is 22.7. The first kappa shape index (κ1) is 21.6. The summed E-state index contributed by atoms with van der Waals surface area (Å²) in [6.45, 7) is 6.48. The van der Waals surface area contributed by atoms with Crippen LogP contribution in [0.4, 0.5) is 5.69 Å². The number of hydrogen-bond acceptors (Lipinski definition) is 5. The zero-order valence-electron chi connectivity index (χ0n) is 18.1. The van der Waals surface area contributed by atoms with Gasteiger partial charge < -0.3 is 14.6 Å². The number of ether oxygens (including phenoxy) is 1. The highest BCUT2D eigenvalue weighted by Gasteiger charge is 2.21. The highest BCUT2D eigenvalue weighted by Crippen LogP contribution is 2.22. The van der Waals surface area contributed by atoms with Crippen molar-refractivity contribution in [3.63, 3.8) is 0 Å². The molecule has 4 rings (SSSR count). The van der Waals surface area contributed by atoms with Crippen molar-refractivity contribution in [1.82, 2.24) is 14.9 Å². The molecule has 32 heavy (non-hydrogen) atoms. The minimum Gasteiger partial charge on any atom is -0.489 e. The Morgan fingerprint density at radius 1 is 1.12 bits per heavy atom. The number of rotatable bonds is 7. The van der Waals surface area contributed by atoms with Gasteiger partial charge in [0.2, 0.25) is 0 Å². The summed E-state index contributed by atoms with van der Waals surface area (Å²) in [6, 6.07) is 16.7. The molecule has 1 N–H and O–H groups in total. The highest BCUT2D eigenvalue weighted by molar-refractivity contribution is 6.30. The molecule has 0 aliphatic heterocycles. The molecule has 4 aromatic rings. The summed E-state index contributed by atoms with van der Waals surface area (Å²) in [4.78, 5) is 12.9. The van der Waals surface area contributed by atoms with Gasteiger partial charge in [0.25, 0.3) is 5.91 Å². The van der Waals surface area contributed by atoms with Crippen LogP contribution in [-0.4, -0.2) is 20.8 Å². The molecule has 2 aromatic heterocycles. The number of nitrogens with zero attached hydrogens (tertiary/aromatic N) is 3. The Hall–Kier alpha value is -3.58. The van der Waals surface area contributed by atoms with Crippen LogP contribution in [0.5, 0.6) is 5.75 Å². The minimum atomic E-state index is -0.366. The lowest BCUT2D eigenvalue weighted by Gasteiger charge is -2.09. The van der Waals surface area contributed by atoms with E-state index in [2.05, 4.69) is 15.6 Å². The molecule has 0 unspecified atom stereocenters. The van der Waals surface area contributed by atoms with Gasteiger partial charge in [-0.3, -0.25) is 9.48 Å². The van der Waals surface area contributed by atoms with Crippen LogP contribution in [0, 0.1) is 20.8 Å². The van der Waals surface area contributed by atoms with E-state index < -0.39 is 0 Å². The molecule has 0 atom stereocenters. The number of nitrogens with one attached hydrogen (secondary N) is 1. The summed E-state index contributed by atoms with van der Waals surface area (Å²) in [5.74, 6) is 0.756. The van der Waals surface area contributed by atoms with Crippen molar-refractivity contribution in [1.29, 1.82) is 0 Å². The molecule has 8 heteroatoms. The summed E-state index contributed by atoms with van der Waals surface area (Å²) in [7, 11) is 0. The molecular weight excluding hydrogens is 428 g/mol. The van der Waals surface area contributed by atoms with E-state index in [4.69, 9.17) is 20.9 Å². The van der Waals surface area contributed by atoms with Gasteiger partial charge in [0.1, 0.15) is 18.1 Å². The van der Waals surface area contributed by atoms with Gasteiger partial charge in [-0.25, -0.2) is 0 Å². The van der Waals surface area contributed by atoms with Gasteiger partial charge in [-0.2, -0.15) is 5.10 Å². The lowest BCUT2D eigenvalue weighted by atomic mass is 10.1. The number of hydrogen-bond donors (Lipinski definition) is 1. The van der Waals surface area contributed by atoms with E-state index in [0.717, 1.165) is 17.0 Å². The third-order valence-corrected chi connectivity index (χ3v) is 5.23. The van der Waals surface area contributed by atoms with E-state index in [1.807, 2.05) is 48.9 Å². The first-order valence-electron chi connectivity index (χ1n) is 10.1. The number of benzene rings is 2. The van der Waals surface area contributed by atoms with Gasteiger partial charge in [0, 0.05) is 16.4 Å². The van der Waals surface area contributed by atoms with Crippen LogP contribution in [0.15, 0.2) is 59.1 Å². The lowest BCUT2D eigenvalue weighted by Crippen LogP contribution is -2.15. The maximum absolute atomic E-state index is 12.9. The van der Waals surface area contributed by atoms with Crippen molar-refractivity contribution in [3.05, 3.63) is 93.6 Å². The van der Waals surface area contributed by atoms with Crippen molar-refractivity contribution in [2.24, 2.45) is 0 Å². The van der Waals surface area contributed by atoms with E-state index in [0.29, 0.717) is 34.3 Å². The van der Waals surface area contributed by atoms with Gasteiger partial charge in [-0.1, -0.05) is 35.0 Å². The summed E-state index contributed by atoms with van der Waals surface area (Å²) in [5, 5.41) is 11.9. The average Bonchev–Trinajstić information content (AvgIpc) is 3.27. The third kappa shape index (κ3) is 5.00. The Kier molecular flexibility index (Phi) is 6.28. The second-order valence-corrected chi connectivity index (χ2v) is 7.99. The number of aromatic nitrogens is 3. The topological polar surface area (TPSA) is 82.2 Å². The maximum Gasteiger partial charge on any atom is 0.278 e. The van der Waals surface area contributed by atoms with E-state index in [9.17, 15) is 4.79 Å². The Bertz CT molecular complexity index is 1260. The van der Waals surface area contributed by atoms with Gasteiger partial charge in [0.05, 0.1) is 17.8 Å². The van der Waals surface area contributed by atoms with Crippen molar-refractivity contribution >= 4 is 23.2 Å². The first-order chi connectivity index (χ1) is 15.4. The number of anilines is 1. The lowest BCUT2D eigenvalue weighted by molar-refractivity contribution is 0.101. The Morgan fingerprint density at radius 2 is 1.94 bits per heavy atom. The van der Waals surface area contributed by atoms with Crippen molar-refractivity contribution in [3.8, 4) is 5.75 Å². The van der Waals surface area contributed by atoms with Crippen LogP contribution >= 0.6 is 11.6 Å². The number of halogens is 1. The molecule has 0 saturated carbocycles. The molecule has 0 bridgehead atoms. The van der Waals surface area contributed by atoms with E-state index >= 15 is 0 Å². The largest absolute Gasteiger partial charge is 0.489 e. The molecule has 0 radical (unpaired) electrons. The first-order valence-corrected chi connectivity index (χ1v) is 10.5. The predicted octanol–water partition coefficient (Wildman–Crippen LogP) is 5.33. The zero-order valence-corrected chi connectivity index (χ0v) is 18.8. The van der Waals surface area contributed by atoms with Gasteiger partial charge in [-0.05, 0) is 62.7 Å². The normalized spacial score (nSPS) is 10.9. The molecule has 0 saturated heterocycles. The Labute approximate surface area is 190 Å². The number of carbonyl (C=O) groups excluding carboxylic acids is 1. The third-order valence-electron chi connectivity index (χ3n) is 5.00. The second kappa shape index (κ2) is 9.28. The average molecular weight is 451 g/mol. The number of amides is 1. The summed E-state index contributed by atoms with van der Waals surface area (Å²) >= 11 is 6.00. The molecule has 1 amide bonds. The summed E-state index contributed by atoms with van der Waals surface area (Å²) in [6.07, 6.45) is 0. The van der Waals surface area contributed by atoms with E-state index in [1.165, 1.54) is 0 Å². The van der Waals surface area contributed by atoms with Crippen LogP contribution in [0.3, 0.4) is 0 Å². The molecule has 0 aliphatic rings. The number of aryl methyl sites for hydroxylation is 3. The quantitative estimate of drug-likeness (QED) is 0.411. The SMILES string of the molecule is Cc1cc(C)n(Cc2cccc(NC(=O)c3noc(C)c3COc3cccc(Cl)c3)c2)n1. The molecule has 2 aromatic carbocycles. The van der Waals surface area contributed by atoms with Gasteiger partial charge >= 0.3 is 0 Å². The maximum atomic E-state index is 12.9. The van der Waals surface area contributed by atoms with Crippen LogP contribution in [0.2, 0.25) is 5.02 Å². The fourth-order valence-corrected chi connectivity index (χ4v) is 3.58. The molecule has 0 spiro atoms. The summed E-state index contributed by atoms with van der Waals surface area (Å²) < 4.78 is 13.0. The van der Waals surface area contributed by atoms with E-state index in [-0.39, 0.29) is 18.2 Å². The predicted molar refractivity (Wildman–Crippen MR) is 122 cm³/mol. The van der Waals surface area contributed by atoms with E-state index in [1.54, 1.807) is 31.2 Å². The monoisotopic (exact) mass is 450 g/mol. The van der Waals surface area contributed by atoms with Gasteiger partial charge in [-0.15, -0.1) is 0 Å². The standard InChI is InChI=1S/C24H23ClN4O3/c1-15-10-16(2)29(27-15)13-18-6-4-8-20(11-18)26-24(30)23-22(17(3)32-28-23)14-31-21-9-5-7-19(25)12-21/h4-12H,13-14H2,1-3H3,(H,26,30). The Balaban J connectivity index is 1.47. The molecule has 164 valence electrons. The molecular formula is C24H23ClN4O3. The van der Waals surface area contributed by atoms with Crippen molar-refractivity contribution in [2.45, 2.75) is 33.9 Å². The minimum absolute atomic E-state index is 0.135. The fourth-order valence-electron chi connectivity index (χ4n) is 3.40. The summed E-state index contributed by atoms with van der Waals surface area (Å²) in [5.41, 5.74) is 4.52. The molecule has 0 aliphatic carbocycles. The van der Waals surface area contributed by atoms with Crippen LogP contribution in [0.25, 0.3) is 0 Å². The molecule has 7 nitrogen and oxygen atoms in total. The van der Waals surface area contributed by atoms with Crippen LogP contribution in [-0.2, 0) is 13.2 Å². The Morgan fingerprint density at radius 3 is 2.69 bits per heavy atom. The van der Waals surface area contributed by atoms with Crippen molar-refractivity contribution < 1.29 is 14.1 Å². The fraction of sp³-hybridized carbons (Fsp3) is 0.208. The smallest absolute Gasteiger partial charge is 0.278 e. The highest BCUT2D eigenvalue weighted by atomic mass is 35.5.